The molecule has 0 bridgehead atoms. The predicted octanol–water partition coefficient (Wildman–Crippen LogP) is 3.66. The van der Waals surface area contributed by atoms with E-state index < -0.39 is 0 Å². The summed E-state index contributed by atoms with van der Waals surface area (Å²) in [6, 6.07) is 14.9. The number of aromatic nitrogens is 1. The van der Waals surface area contributed by atoms with Crippen molar-refractivity contribution in [3.05, 3.63) is 70.7 Å². The highest BCUT2D eigenvalue weighted by molar-refractivity contribution is 7.13. The summed E-state index contributed by atoms with van der Waals surface area (Å²) in [5, 5.41) is 7.46. The molecule has 2 heterocycles. The van der Waals surface area contributed by atoms with Gasteiger partial charge in [-0.3, -0.25) is 14.6 Å². The molecule has 5 nitrogen and oxygen atoms in total. The number of thiophene rings is 1. The molecule has 0 saturated carbocycles. The number of amides is 2. The third-order valence-corrected chi connectivity index (χ3v) is 4.85. The van der Waals surface area contributed by atoms with Crippen LogP contribution in [0, 0.1) is 6.92 Å². The molecule has 0 fully saturated rings. The maximum absolute atomic E-state index is 12.5. The minimum absolute atomic E-state index is 0.0469. The maximum Gasteiger partial charge on any atom is 0.257 e. The zero-order valence-corrected chi connectivity index (χ0v) is 15.4. The molecule has 0 aliphatic carbocycles. The van der Waals surface area contributed by atoms with Crippen molar-refractivity contribution in [1.29, 1.82) is 0 Å². The van der Waals surface area contributed by atoms with Gasteiger partial charge in [0.15, 0.2) is 0 Å². The smallest absolute Gasteiger partial charge is 0.257 e. The summed E-state index contributed by atoms with van der Waals surface area (Å²) < 4.78 is 0. The number of hydrogen-bond donors (Lipinski definition) is 2. The van der Waals surface area contributed by atoms with Crippen molar-refractivity contribution < 1.29 is 9.59 Å². The van der Waals surface area contributed by atoms with E-state index in [9.17, 15) is 9.59 Å². The van der Waals surface area contributed by atoms with Crippen molar-refractivity contribution >= 4 is 28.8 Å². The Morgan fingerprint density at radius 2 is 1.85 bits per heavy atom. The molecule has 3 aromatic rings. The predicted molar refractivity (Wildman–Crippen MR) is 104 cm³/mol. The first-order valence-electron chi connectivity index (χ1n) is 8.19. The Labute approximate surface area is 156 Å². The Morgan fingerprint density at radius 1 is 1.08 bits per heavy atom. The van der Waals surface area contributed by atoms with Crippen molar-refractivity contribution in [3.63, 3.8) is 0 Å². The summed E-state index contributed by atoms with van der Waals surface area (Å²) in [4.78, 5) is 29.5. The van der Waals surface area contributed by atoms with Crippen molar-refractivity contribution in [3.8, 4) is 10.6 Å². The highest BCUT2D eigenvalue weighted by atomic mass is 32.1. The summed E-state index contributed by atoms with van der Waals surface area (Å²) in [7, 11) is 1.61. The van der Waals surface area contributed by atoms with Crippen LogP contribution in [0.15, 0.2) is 53.9 Å². The van der Waals surface area contributed by atoms with Crippen LogP contribution in [0.25, 0.3) is 10.6 Å². The number of hydrogen-bond acceptors (Lipinski definition) is 4. The number of benzene rings is 1. The van der Waals surface area contributed by atoms with E-state index in [1.165, 1.54) is 0 Å². The van der Waals surface area contributed by atoms with Gasteiger partial charge in [-0.05, 0) is 48.2 Å². The van der Waals surface area contributed by atoms with Gasteiger partial charge in [-0.1, -0.05) is 18.2 Å². The number of nitrogens with zero attached hydrogens (tertiary/aromatic N) is 1. The molecular weight excluding hydrogens is 346 g/mol. The third-order valence-electron chi connectivity index (χ3n) is 3.96. The molecule has 132 valence electrons. The summed E-state index contributed by atoms with van der Waals surface area (Å²) in [5.74, 6) is -0.249. The van der Waals surface area contributed by atoms with Crippen LogP contribution in [-0.2, 0) is 11.2 Å². The molecule has 3 rings (SSSR count). The van der Waals surface area contributed by atoms with Crippen LogP contribution in [0.3, 0.4) is 0 Å². The average molecular weight is 365 g/mol. The van der Waals surface area contributed by atoms with E-state index in [2.05, 4.69) is 15.6 Å². The van der Waals surface area contributed by atoms with Gasteiger partial charge in [-0.15, -0.1) is 11.3 Å². The Balaban J connectivity index is 1.71. The second kappa shape index (κ2) is 7.93. The molecule has 0 saturated heterocycles. The molecule has 1 aromatic carbocycles. The first kappa shape index (κ1) is 17.8. The second-order valence-corrected chi connectivity index (χ2v) is 6.76. The molecule has 2 aromatic heterocycles. The van der Waals surface area contributed by atoms with Crippen molar-refractivity contribution in [2.75, 3.05) is 12.4 Å². The van der Waals surface area contributed by atoms with Gasteiger partial charge in [0.05, 0.1) is 28.2 Å². The normalized spacial score (nSPS) is 10.4. The Morgan fingerprint density at radius 3 is 2.46 bits per heavy atom. The topological polar surface area (TPSA) is 71.1 Å². The minimum atomic E-state index is -0.202. The lowest BCUT2D eigenvalue weighted by Gasteiger charge is -2.09. The molecule has 0 aliphatic heterocycles. The quantitative estimate of drug-likeness (QED) is 0.725. The lowest BCUT2D eigenvalue weighted by Crippen LogP contribution is -2.19. The molecule has 0 spiro atoms. The fraction of sp³-hybridized carbons (Fsp3) is 0.150. The van der Waals surface area contributed by atoms with Gasteiger partial charge >= 0.3 is 0 Å². The van der Waals surface area contributed by atoms with E-state index in [0.29, 0.717) is 23.4 Å². The lowest BCUT2D eigenvalue weighted by atomic mass is 10.1. The molecule has 0 radical (unpaired) electrons. The van der Waals surface area contributed by atoms with Gasteiger partial charge in [0.2, 0.25) is 5.91 Å². The van der Waals surface area contributed by atoms with Crippen LogP contribution in [0.2, 0.25) is 0 Å². The second-order valence-electron chi connectivity index (χ2n) is 5.81. The number of likely N-dealkylation sites (N-methyl/N-ethyl adjacent to an activating group) is 1. The van der Waals surface area contributed by atoms with Gasteiger partial charge in [0.1, 0.15) is 0 Å². The van der Waals surface area contributed by atoms with E-state index in [1.807, 2.05) is 42.6 Å². The Kier molecular flexibility index (Phi) is 5.43. The molecule has 0 unspecified atom stereocenters. The first-order chi connectivity index (χ1) is 12.6. The SMILES string of the molecule is CNC(=O)Cc1ccc(NC(=O)c2ccc(-c3cccs3)nc2C)cc1. The summed E-state index contributed by atoms with van der Waals surface area (Å²) in [5.41, 5.74) is 3.66. The first-order valence-corrected chi connectivity index (χ1v) is 9.07. The van der Waals surface area contributed by atoms with E-state index >= 15 is 0 Å². The lowest BCUT2D eigenvalue weighted by molar-refractivity contribution is -0.119. The van der Waals surface area contributed by atoms with Crippen molar-refractivity contribution in [2.24, 2.45) is 0 Å². The molecule has 0 atom stereocenters. The van der Waals surface area contributed by atoms with Gasteiger partial charge in [0.25, 0.3) is 5.91 Å². The Hall–Kier alpha value is -2.99. The number of anilines is 1. The fourth-order valence-electron chi connectivity index (χ4n) is 2.54. The highest BCUT2D eigenvalue weighted by Crippen LogP contribution is 2.24. The standard InChI is InChI=1S/C20H19N3O2S/c1-13-16(9-10-17(22-13)18-4-3-11-26-18)20(25)23-15-7-5-14(6-8-15)12-19(24)21-2/h3-11H,12H2,1-2H3,(H,21,24)(H,23,25). The molecule has 26 heavy (non-hydrogen) atoms. The van der Waals surface area contributed by atoms with E-state index in [1.54, 1.807) is 36.6 Å². The van der Waals surface area contributed by atoms with Crippen molar-refractivity contribution in [1.82, 2.24) is 10.3 Å². The molecule has 2 amide bonds. The van der Waals surface area contributed by atoms with Gasteiger partial charge < -0.3 is 10.6 Å². The van der Waals surface area contributed by atoms with Crippen LogP contribution in [0.5, 0.6) is 0 Å². The van der Waals surface area contributed by atoms with Crippen LogP contribution < -0.4 is 10.6 Å². The minimum Gasteiger partial charge on any atom is -0.359 e. The molecule has 6 heteroatoms. The Bertz CT molecular complexity index is 919. The molecular formula is C20H19N3O2S. The zero-order chi connectivity index (χ0) is 18.5. The van der Waals surface area contributed by atoms with Crippen LogP contribution in [0.4, 0.5) is 5.69 Å². The monoisotopic (exact) mass is 365 g/mol. The number of pyridine rings is 1. The zero-order valence-electron chi connectivity index (χ0n) is 14.6. The number of rotatable bonds is 5. The molecule has 2 N–H and O–H groups in total. The van der Waals surface area contributed by atoms with Gasteiger partial charge in [-0.25, -0.2) is 0 Å². The van der Waals surface area contributed by atoms with Crippen LogP contribution >= 0.6 is 11.3 Å². The fourth-order valence-corrected chi connectivity index (χ4v) is 3.24. The van der Waals surface area contributed by atoms with E-state index in [4.69, 9.17) is 0 Å². The highest BCUT2D eigenvalue weighted by Gasteiger charge is 2.12. The molecule has 0 aliphatic rings. The summed E-state index contributed by atoms with van der Waals surface area (Å²) in [6.45, 7) is 1.83. The number of carbonyl (C=O) groups is 2. The van der Waals surface area contributed by atoms with E-state index in [-0.39, 0.29) is 11.8 Å². The number of aryl methyl sites for hydroxylation is 1. The maximum atomic E-state index is 12.5. The van der Waals surface area contributed by atoms with Crippen molar-refractivity contribution in [2.45, 2.75) is 13.3 Å². The largest absolute Gasteiger partial charge is 0.359 e. The number of carbonyl (C=O) groups excluding carboxylic acids is 2. The summed E-state index contributed by atoms with van der Waals surface area (Å²) >= 11 is 1.62. The van der Waals surface area contributed by atoms with Crippen LogP contribution in [-0.4, -0.2) is 23.8 Å². The summed E-state index contributed by atoms with van der Waals surface area (Å²) in [6.07, 6.45) is 0.317. The van der Waals surface area contributed by atoms with Gasteiger partial charge in [0, 0.05) is 12.7 Å². The van der Waals surface area contributed by atoms with Crippen LogP contribution in [0.1, 0.15) is 21.6 Å². The average Bonchev–Trinajstić information content (AvgIpc) is 3.17. The van der Waals surface area contributed by atoms with E-state index in [0.717, 1.165) is 16.1 Å². The van der Waals surface area contributed by atoms with Gasteiger partial charge in [-0.2, -0.15) is 0 Å². The number of nitrogens with one attached hydrogen (secondary N) is 2. The third kappa shape index (κ3) is 4.15.